The number of rotatable bonds is 6. The van der Waals surface area contributed by atoms with E-state index >= 15 is 0 Å². The Bertz CT molecular complexity index is 1570. The number of carboxylic acids is 1. The maximum atomic E-state index is 13.0. The van der Waals surface area contributed by atoms with E-state index in [2.05, 4.69) is 9.97 Å². The molecule has 39 heavy (non-hydrogen) atoms. The topological polar surface area (TPSA) is 127 Å². The van der Waals surface area contributed by atoms with E-state index in [0.29, 0.717) is 47.7 Å². The lowest BCUT2D eigenvalue weighted by Crippen LogP contribution is -2.46. The van der Waals surface area contributed by atoms with Gasteiger partial charge in [0.05, 0.1) is 17.4 Å². The number of ketones is 1. The van der Waals surface area contributed by atoms with Crippen molar-refractivity contribution in [3.8, 4) is 11.3 Å². The molecule has 1 aliphatic rings. The van der Waals surface area contributed by atoms with Gasteiger partial charge in [-0.2, -0.15) is 13.2 Å². The number of pyridine rings is 1. The number of aliphatic carboxylic acids is 1. The van der Waals surface area contributed by atoms with Gasteiger partial charge in [-0.05, 0) is 31.9 Å². The molecule has 4 aromatic rings. The average molecular weight is 539 g/mol. The van der Waals surface area contributed by atoms with Gasteiger partial charge < -0.3 is 15.7 Å². The smallest absolute Gasteiger partial charge is 0.416 e. The highest BCUT2D eigenvalue weighted by molar-refractivity contribution is 5.98. The molecule has 3 N–H and O–H groups in total. The van der Waals surface area contributed by atoms with E-state index < -0.39 is 23.1 Å². The van der Waals surface area contributed by atoms with Crippen LogP contribution in [0.2, 0.25) is 0 Å². The summed E-state index contributed by atoms with van der Waals surface area (Å²) in [4.78, 5) is 39.5. The van der Waals surface area contributed by atoms with Crippen molar-refractivity contribution in [2.24, 2.45) is 5.41 Å². The van der Waals surface area contributed by atoms with E-state index in [-0.39, 0.29) is 30.3 Å². The summed E-state index contributed by atoms with van der Waals surface area (Å²) in [6.45, 7) is 2.62. The molecule has 0 radical (unpaired) electrons. The summed E-state index contributed by atoms with van der Waals surface area (Å²) in [5, 5.41) is 9.75. The zero-order valence-corrected chi connectivity index (χ0v) is 20.9. The van der Waals surface area contributed by atoms with Gasteiger partial charge in [0.25, 0.3) is 0 Å². The normalized spacial score (nSPS) is 17.9. The Morgan fingerprint density at radius 1 is 1.13 bits per heavy atom. The fourth-order valence-corrected chi connectivity index (χ4v) is 4.89. The molecule has 0 spiro atoms. The Kier molecular flexibility index (Phi) is 6.49. The number of alkyl halides is 3. The number of fused-ring (bicyclic) bond motifs is 1. The van der Waals surface area contributed by atoms with Crippen LogP contribution in [0.4, 0.5) is 24.9 Å². The van der Waals surface area contributed by atoms with E-state index in [0.717, 1.165) is 18.3 Å². The summed E-state index contributed by atoms with van der Waals surface area (Å²) in [5.74, 6) is -0.474. The Labute approximate surface area is 221 Å². The molecule has 3 aromatic heterocycles. The molecule has 4 heterocycles. The van der Waals surface area contributed by atoms with E-state index in [1.54, 1.807) is 48.0 Å². The average Bonchev–Trinajstić information content (AvgIpc) is 3.29. The van der Waals surface area contributed by atoms with E-state index in [9.17, 15) is 27.9 Å². The monoisotopic (exact) mass is 538 g/mol. The molecule has 0 aliphatic carbocycles. The number of carbonyl (C=O) groups excluding carboxylic acids is 1. The second-order valence-electron chi connectivity index (χ2n) is 9.89. The molecule has 5 rings (SSSR count). The summed E-state index contributed by atoms with van der Waals surface area (Å²) in [7, 11) is 0. The number of imidazole rings is 1. The van der Waals surface area contributed by atoms with Crippen molar-refractivity contribution in [1.29, 1.82) is 0 Å². The SMILES string of the molecule is C[C@@]1(C(=O)O)CCCN(c2nc(-c3ccc(C(=O)Cc4cc(C(F)(F)F)ccn4)cc3)c3c(N)nccn23)C1. The van der Waals surface area contributed by atoms with E-state index in [1.807, 2.05) is 4.90 Å². The summed E-state index contributed by atoms with van der Waals surface area (Å²) >= 11 is 0. The largest absolute Gasteiger partial charge is 0.481 e. The number of hydrogen-bond donors (Lipinski definition) is 2. The number of piperidine rings is 1. The van der Waals surface area contributed by atoms with Crippen LogP contribution in [-0.2, 0) is 17.4 Å². The highest BCUT2D eigenvalue weighted by atomic mass is 19.4. The van der Waals surface area contributed by atoms with Gasteiger partial charge in [0.2, 0.25) is 5.95 Å². The van der Waals surface area contributed by atoms with E-state index in [1.165, 1.54) is 0 Å². The van der Waals surface area contributed by atoms with Crippen molar-refractivity contribution in [2.75, 3.05) is 23.7 Å². The molecule has 202 valence electrons. The Morgan fingerprint density at radius 2 is 1.87 bits per heavy atom. The first kappa shape index (κ1) is 26.1. The predicted octanol–water partition coefficient (Wildman–Crippen LogP) is 4.51. The zero-order valence-electron chi connectivity index (χ0n) is 20.9. The molecule has 1 fully saturated rings. The fourth-order valence-electron chi connectivity index (χ4n) is 4.89. The Morgan fingerprint density at radius 3 is 2.56 bits per heavy atom. The van der Waals surface area contributed by atoms with Gasteiger partial charge in [-0.1, -0.05) is 24.3 Å². The van der Waals surface area contributed by atoms with Crippen molar-refractivity contribution in [3.63, 3.8) is 0 Å². The van der Waals surface area contributed by atoms with Crippen LogP contribution < -0.4 is 10.6 Å². The van der Waals surface area contributed by atoms with Gasteiger partial charge in [0.15, 0.2) is 5.78 Å². The van der Waals surface area contributed by atoms with E-state index in [4.69, 9.17) is 10.7 Å². The maximum absolute atomic E-state index is 13.0. The molecule has 0 bridgehead atoms. The van der Waals surface area contributed by atoms with Crippen molar-refractivity contribution < 1.29 is 27.9 Å². The highest BCUT2D eigenvalue weighted by Crippen LogP contribution is 2.36. The van der Waals surface area contributed by atoms with Gasteiger partial charge in [0, 0.05) is 48.5 Å². The van der Waals surface area contributed by atoms with Crippen molar-refractivity contribution in [3.05, 3.63) is 71.8 Å². The van der Waals surface area contributed by atoms with Crippen molar-refractivity contribution in [2.45, 2.75) is 32.4 Å². The molecule has 1 atom stereocenters. The van der Waals surface area contributed by atoms with Gasteiger partial charge >= 0.3 is 12.1 Å². The minimum Gasteiger partial charge on any atom is -0.481 e. The molecule has 0 unspecified atom stereocenters. The molecule has 1 aromatic carbocycles. The van der Waals surface area contributed by atoms with Crippen LogP contribution in [-0.4, -0.2) is 49.3 Å². The first-order chi connectivity index (χ1) is 18.5. The molecule has 1 saturated heterocycles. The standard InChI is InChI=1S/C27H25F3N6O3/c1-26(24(38)39)8-2-11-35(15-26)25-34-21(22-23(31)33-10-12-36(22)25)17-5-3-16(4-6-17)20(37)14-19-13-18(7-9-32-19)27(28,29)30/h3-7,9-10,12-13H,2,8,11,14-15H2,1H3,(H2,31,33)(H,38,39)/t26-/m1/s1. The first-order valence-corrected chi connectivity index (χ1v) is 12.2. The number of benzene rings is 1. The number of halogens is 3. The van der Waals surface area contributed by atoms with Crippen LogP contribution in [0.1, 0.15) is 41.4 Å². The Balaban J connectivity index is 1.45. The van der Waals surface area contributed by atoms with Crippen molar-refractivity contribution in [1.82, 2.24) is 19.4 Å². The van der Waals surface area contributed by atoms with Gasteiger partial charge in [-0.15, -0.1) is 0 Å². The summed E-state index contributed by atoms with van der Waals surface area (Å²) in [6.07, 6.45) is 0.733. The van der Waals surface area contributed by atoms with Gasteiger partial charge in [-0.3, -0.25) is 19.0 Å². The number of nitrogens with two attached hydrogens (primary N) is 1. The lowest BCUT2D eigenvalue weighted by Gasteiger charge is -2.37. The minimum absolute atomic E-state index is 0.0254. The number of aromatic nitrogens is 4. The third kappa shape index (κ3) is 5.01. The second kappa shape index (κ2) is 9.68. The van der Waals surface area contributed by atoms with Crippen LogP contribution in [0.25, 0.3) is 16.8 Å². The number of carboxylic acid groups (broad SMARTS) is 1. The lowest BCUT2D eigenvalue weighted by atomic mass is 9.82. The van der Waals surface area contributed by atoms with Crippen LogP contribution >= 0.6 is 0 Å². The quantitative estimate of drug-likeness (QED) is 0.344. The van der Waals surface area contributed by atoms with Gasteiger partial charge in [-0.25, -0.2) is 9.97 Å². The molecule has 12 heteroatoms. The minimum atomic E-state index is -4.52. The molecule has 0 amide bonds. The number of carbonyl (C=O) groups is 2. The van der Waals surface area contributed by atoms with Crippen LogP contribution in [0, 0.1) is 5.41 Å². The van der Waals surface area contributed by atoms with Gasteiger partial charge in [0.1, 0.15) is 17.0 Å². The third-order valence-corrected chi connectivity index (χ3v) is 7.03. The lowest BCUT2D eigenvalue weighted by molar-refractivity contribution is -0.148. The molecule has 1 aliphatic heterocycles. The summed E-state index contributed by atoms with van der Waals surface area (Å²) in [5.41, 5.74) is 6.47. The number of anilines is 2. The fraction of sp³-hybridized carbons (Fsp3) is 0.296. The van der Waals surface area contributed by atoms with Crippen molar-refractivity contribution >= 4 is 29.0 Å². The zero-order chi connectivity index (χ0) is 27.9. The number of nitrogen functional groups attached to an aromatic ring is 1. The molecular formula is C27H25F3N6O3. The molecule has 0 saturated carbocycles. The van der Waals surface area contributed by atoms with Crippen LogP contribution in [0.15, 0.2) is 55.0 Å². The third-order valence-electron chi connectivity index (χ3n) is 7.03. The number of hydrogen-bond acceptors (Lipinski definition) is 7. The first-order valence-electron chi connectivity index (χ1n) is 12.2. The highest BCUT2D eigenvalue weighted by Gasteiger charge is 2.39. The second-order valence-corrected chi connectivity index (χ2v) is 9.89. The van der Waals surface area contributed by atoms with Crippen LogP contribution in [0.5, 0.6) is 0 Å². The number of Topliss-reactive ketones (excluding diaryl/α,β-unsaturated/α-hetero) is 1. The predicted molar refractivity (Wildman–Crippen MR) is 137 cm³/mol. The summed E-state index contributed by atoms with van der Waals surface area (Å²) < 4.78 is 40.8. The molecular weight excluding hydrogens is 513 g/mol. The Hall–Kier alpha value is -4.48. The molecule has 9 nitrogen and oxygen atoms in total. The number of nitrogens with zero attached hydrogens (tertiary/aromatic N) is 5. The maximum Gasteiger partial charge on any atom is 0.416 e. The van der Waals surface area contributed by atoms with Crippen LogP contribution in [0.3, 0.4) is 0 Å². The summed E-state index contributed by atoms with van der Waals surface area (Å²) in [6, 6.07) is 8.25.